The molecule has 1 amide bonds. The van der Waals surface area contributed by atoms with Gasteiger partial charge in [-0.1, -0.05) is 30.3 Å². The Kier molecular flexibility index (Phi) is 3.58. The number of aromatic nitrogens is 2. The van der Waals surface area contributed by atoms with Gasteiger partial charge in [-0.3, -0.25) is 4.79 Å². The normalized spacial score (nSPS) is 20.7. The highest BCUT2D eigenvalue weighted by Gasteiger charge is 2.29. The predicted molar refractivity (Wildman–Crippen MR) is 90.3 cm³/mol. The molecule has 1 aliphatic rings. The standard InChI is InChI=1S/C19H19N3O/c23-19(16-9-8-14-4-1-2-5-15(14)12-16)21-17-6-3-7-18(17)22-11-10-20-13-22/h1-2,4-5,8-13,17-18H,3,6-7H2,(H,21,23)/t17-,18-/m0/s1. The van der Waals surface area contributed by atoms with Crippen LogP contribution < -0.4 is 5.32 Å². The summed E-state index contributed by atoms with van der Waals surface area (Å²) in [6.07, 6.45) is 8.84. The van der Waals surface area contributed by atoms with Gasteiger partial charge in [0.15, 0.2) is 0 Å². The second-order valence-electron chi connectivity index (χ2n) is 6.15. The van der Waals surface area contributed by atoms with Crippen LogP contribution >= 0.6 is 0 Å². The minimum atomic E-state index is 0.00719. The van der Waals surface area contributed by atoms with Crippen LogP contribution in [0.2, 0.25) is 0 Å². The molecule has 116 valence electrons. The maximum atomic E-state index is 12.6. The first kappa shape index (κ1) is 14.0. The number of hydrogen-bond acceptors (Lipinski definition) is 2. The highest BCUT2D eigenvalue weighted by Crippen LogP contribution is 2.30. The summed E-state index contributed by atoms with van der Waals surface area (Å²) in [5.41, 5.74) is 0.722. The van der Waals surface area contributed by atoms with Crippen LogP contribution in [0.3, 0.4) is 0 Å². The second kappa shape index (κ2) is 5.88. The average molecular weight is 305 g/mol. The zero-order valence-corrected chi connectivity index (χ0v) is 12.9. The largest absolute Gasteiger partial charge is 0.347 e. The average Bonchev–Trinajstić information content (AvgIpc) is 3.25. The molecule has 4 heteroatoms. The predicted octanol–water partition coefficient (Wildman–Crippen LogP) is 3.56. The third kappa shape index (κ3) is 2.72. The van der Waals surface area contributed by atoms with E-state index in [2.05, 4.69) is 20.9 Å². The van der Waals surface area contributed by atoms with Gasteiger partial charge in [0.05, 0.1) is 12.4 Å². The van der Waals surface area contributed by atoms with Crippen molar-refractivity contribution in [3.8, 4) is 0 Å². The van der Waals surface area contributed by atoms with Crippen molar-refractivity contribution in [3.05, 3.63) is 66.7 Å². The molecule has 2 atom stereocenters. The lowest BCUT2D eigenvalue weighted by Gasteiger charge is -2.22. The fourth-order valence-electron chi connectivity index (χ4n) is 3.51. The quantitative estimate of drug-likeness (QED) is 0.804. The Morgan fingerprint density at radius 1 is 1.13 bits per heavy atom. The van der Waals surface area contributed by atoms with Gasteiger partial charge in [-0.15, -0.1) is 0 Å². The number of nitrogens with one attached hydrogen (secondary N) is 1. The molecular weight excluding hydrogens is 286 g/mol. The Morgan fingerprint density at radius 3 is 2.83 bits per heavy atom. The molecule has 1 saturated carbocycles. The summed E-state index contributed by atoms with van der Waals surface area (Å²) in [4.78, 5) is 16.7. The molecule has 0 aliphatic heterocycles. The minimum Gasteiger partial charge on any atom is -0.347 e. The SMILES string of the molecule is O=C(N[C@H]1CCC[C@@H]1n1ccnc1)c1ccc2ccccc2c1. The Balaban J connectivity index is 1.54. The molecule has 1 N–H and O–H groups in total. The van der Waals surface area contributed by atoms with Gasteiger partial charge >= 0.3 is 0 Å². The summed E-state index contributed by atoms with van der Waals surface area (Å²) in [6.45, 7) is 0. The molecule has 4 rings (SSSR count). The van der Waals surface area contributed by atoms with Crippen molar-refractivity contribution in [3.63, 3.8) is 0 Å². The number of fused-ring (bicyclic) bond motifs is 1. The van der Waals surface area contributed by atoms with E-state index in [-0.39, 0.29) is 11.9 Å². The number of rotatable bonds is 3. The molecule has 0 radical (unpaired) electrons. The monoisotopic (exact) mass is 305 g/mol. The van der Waals surface area contributed by atoms with E-state index in [1.807, 2.05) is 48.9 Å². The zero-order valence-electron chi connectivity index (χ0n) is 12.9. The Bertz CT molecular complexity index is 826. The first-order valence-corrected chi connectivity index (χ1v) is 8.08. The van der Waals surface area contributed by atoms with E-state index in [4.69, 9.17) is 0 Å². The lowest BCUT2D eigenvalue weighted by Crippen LogP contribution is -2.38. The van der Waals surface area contributed by atoms with Crippen LogP contribution in [0.1, 0.15) is 35.7 Å². The van der Waals surface area contributed by atoms with Crippen molar-refractivity contribution in [1.29, 1.82) is 0 Å². The molecule has 1 aromatic heterocycles. The molecule has 1 heterocycles. The van der Waals surface area contributed by atoms with Gasteiger partial charge in [0.2, 0.25) is 0 Å². The van der Waals surface area contributed by atoms with Crippen molar-refractivity contribution in [2.45, 2.75) is 31.3 Å². The highest BCUT2D eigenvalue weighted by molar-refractivity contribution is 5.98. The van der Waals surface area contributed by atoms with Crippen LogP contribution in [0, 0.1) is 0 Å². The lowest BCUT2D eigenvalue weighted by atomic mass is 10.1. The summed E-state index contributed by atoms with van der Waals surface area (Å²) < 4.78 is 2.11. The number of carbonyl (C=O) groups excluding carboxylic acids is 1. The molecule has 0 saturated heterocycles. The fourth-order valence-corrected chi connectivity index (χ4v) is 3.51. The molecule has 3 aromatic rings. The van der Waals surface area contributed by atoms with Crippen LogP contribution in [-0.2, 0) is 0 Å². The van der Waals surface area contributed by atoms with Crippen molar-refractivity contribution >= 4 is 16.7 Å². The van der Waals surface area contributed by atoms with Gasteiger partial charge in [-0.2, -0.15) is 0 Å². The lowest BCUT2D eigenvalue weighted by molar-refractivity contribution is 0.0929. The van der Waals surface area contributed by atoms with Gasteiger partial charge < -0.3 is 9.88 Å². The van der Waals surface area contributed by atoms with Crippen molar-refractivity contribution in [1.82, 2.24) is 14.9 Å². The van der Waals surface area contributed by atoms with E-state index in [0.717, 1.165) is 35.6 Å². The molecule has 2 aromatic carbocycles. The van der Waals surface area contributed by atoms with E-state index in [9.17, 15) is 4.79 Å². The number of imidazole rings is 1. The van der Waals surface area contributed by atoms with Gasteiger partial charge in [0, 0.05) is 24.0 Å². The first-order chi connectivity index (χ1) is 11.3. The summed E-state index contributed by atoms with van der Waals surface area (Å²) in [6, 6.07) is 14.5. The van der Waals surface area contributed by atoms with Crippen molar-refractivity contribution in [2.24, 2.45) is 0 Å². The smallest absolute Gasteiger partial charge is 0.251 e. The van der Waals surface area contributed by atoms with Gasteiger partial charge in [0.1, 0.15) is 0 Å². The molecule has 4 nitrogen and oxygen atoms in total. The van der Waals surface area contributed by atoms with Crippen LogP contribution in [-0.4, -0.2) is 21.5 Å². The Labute approximate surface area is 135 Å². The summed E-state index contributed by atoms with van der Waals surface area (Å²) >= 11 is 0. The molecule has 1 aliphatic carbocycles. The summed E-state index contributed by atoms with van der Waals surface area (Å²) in [5.74, 6) is 0.00719. The summed E-state index contributed by atoms with van der Waals surface area (Å²) in [5, 5.41) is 5.46. The van der Waals surface area contributed by atoms with E-state index in [1.54, 1.807) is 6.20 Å². The number of amides is 1. The van der Waals surface area contributed by atoms with E-state index in [1.165, 1.54) is 0 Å². The number of carbonyl (C=O) groups is 1. The molecule has 0 unspecified atom stereocenters. The maximum Gasteiger partial charge on any atom is 0.251 e. The van der Waals surface area contributed by atoms with Crippen LogP contribution in [0.5, 0.6) is 0 Å². The second-order valence-corrected chi connectivity index (χ2v) is 6.15. The number of hydrogen-bond donors (Lipinski definition) is 1. The minimum absolute atomic E-state index is 0.00719. The molecule has 0 spiro atoms. The molecule has 23 heavy (non-hydrogen) atoms. The van der Waals surface area contributed by atoms with Crippen molar-refractivity contribution in [2.75, 3.05) is 0 Å². The van der Waals surface area contributed by atoms with Crippen LogP contribution in [0.15, 0.2) is 61.2 Å². The highest BCUT2D eigenvalue weighted by atomic mass is 16.1. The molecule has 0 bridgehead atoms. The van der Waals surface area contributed by atoms with E-state index < -0.39 is 0 Å². The van der Waals surface area contributed by atoms with E-state index >= 15 is 0 Å². The topological polar surface area (TPSA) is 46.9 Å². The van der Waals surface area contributed by atoms with Gasteiger partial charge in [0.25, 0.3) is 5.91 Å². The fraction of sp³-hybridized carbons (Fsp3) is 0.263. The van der Waals surface area contributed by atoms with Crippen molar-refractivity contribution < 1.29 is 4.79 Å². The van der Waals surface area contributed by atoms with E-state index in [0.29, 0.717) is 6.04 Å². The number of nitrogens with zero attached hydrogens (tertiary/aromatic N) is 2. The number of benzene rings is 2. The third-order valence-electron chi connectivity index (χ3n) is 4.72. The Hall–Kier alpha value is -2.62. The van der Waals surface area contributed by atoms with Gasteiger partial charge in [-0.05, 0) is 42.2 Å². The van der Waals surface area contributed by atoms with Crippen LogP contribution in [0.25, 0.3) is 10.8 Å². The third-order valence-corrected chi connectivity index (χ3v) is 4.72. The van der Waals surface area contributed by atoms with Gasteiger partial charge in [-0.25, -0.2) is 4.98 Å². The Morgan fingerprint density at radius 2 is 2.00 bits per heavy atom. The maximum absolute atomic E-state index is 12.6. The zero-order chi connectivity index (χ0) is 15.6. The molecular formula is C19H19N3O. The summed E-state index contributed by atoms with van der Waals surface area (Å²) in [7, 11) is 0. The first-order valence-electron chi connectivity index (χ1n) is 8.08. The van der Waals surface area contributed by atoms with Crippen LogP contribution in [0.4, 0.5) is 0 Å². The molecule has 1 fully saturated rings.